The number of aliphatic hydroxyl groups is 5. The topological polar surface area (TPSA) is 167 Å². The van der Waals surface area contributed by atoms with Gasteiger partial charge in [-0.15, -0.1) is 0 Å². The molecule has 4 aliphatic carbocycles. The van der Waals surface area contributed by atoms with Crippen molar-refractivity contribution >= 4 is 5.78 Å². The highest BCUT2D eigenvalue weighted by Gasteiger charge is 2.70. The number of carbonyl (C=O) groups excluding carboxylic acids is 1. The van der Waals surface area contributed by atoms with E-state index in [1.165, 1.54) is 12.3 Å². The van der Waals surface area contributed by atoms with Crippen molar-refractivity contribution in [2.75, 3.05) is 19.8 Å². The Kier molecular flexibility index (Phi) is 6.50. The maximum atomic E-state index is 12.5. The molecule has 5 aliphatic rings. The smallest absolute Gasteiger partial charge is 0.335 e. The molecule has 1 aromatic heterocycles. The van der Waals surface area contributed by atoms with Crippen molar-refractivity contribution in [2.45, 2.75) is 87.5 Å². The van der Waals surface area contributed by atoms with Crippen LogP contribution in [0.2, 0.25) is 0 Å². The molecule has 6 rings (SSSR count). The minimum absolute atomic E-state index is 0.0430. The van der Waals surface area contributed by atoms with Crippen LogP contribution in [-0.4, -0.2) is 80.8 Å². The van der Waals surface area contributed by atoms with Gasteiger partial charge in [-0.05, 0) is 61.6 Å². The number of hydrogen-bond donors (Lipinski definition) is 5. The van der Waals surface area contributed by atoms with Gasteiger partial charge in [0.1, 0.15) is 11.7 Å². The first-order valence-corrected chi connectivity index (χ1v) is 13.9. The molecule has 3 saturated carbocycles. The molecule has 214 valence electrons. The van der Waals surface area contributed by atoms with Crippen molar-refractivity contribution in [2.24, 2.45) is 22.7 Å². The molecule has 10 heteroatoms. The van der Waals surface area contributed by atoms with Gasteiger partial charge in [0.2, 0.25) is 0 Å². The summed E-state index contributed by atoms with van der Waals surface area (Å²) in [7, 11) is 0. The van der Waals surface area contributed by atoms with Gasteiger partial charge in [0.15, 0.2) is 12.1 Å². The van der Waals surface area contributed by atoms with Crippen LogP contribution >= 0.6 is 0 Å². The van der Waals surface area contributed by atoms with Crippen LogP contribution in [0.15, 0.2) is 39.3 Å². The number of rotatable bonds is 5. The highest BCUT2D eigenvalue weighted by atomic mass is 16.7. The molecule has 0 radical (unpaired) electrons. The minimum atomic E-state index is -1.80. The van der Waals surface area contributed by atoms with Crippen molar-refractivity contribution in [3.05, 3.63) is 46.0 Å². The molecule has 0 amide bonds. The first-order valence-electron chi connectivity index (χ1n) is 13.9. The summed E-state index contributed by atoms with van der Waals surface area (Å²) in [6.45, 7) is 1.24. The molecule has 4 fully saturated rings. The van der Waals surface area contributed by atoms with E-state index in [4.69, 9.17) is 13.9 Å². The second-order valence-electron chi connectivity index (χ2n) is 12.8. The highest BCUT2D eigenvalue weighted by molar-refractivity contribution is 5.91. The van der Waals surface area contributed by atoms with Crippen LogP contribution in [0.25, 0.3) is 0 Å². The van der Waals surface area contributed by atoms with Gasteiger partial charge in [0.05, 0.1) is 37.8 Å². The Hall–Kier alpha value is -1.92. The number of hydrogen-bond acceptors (Lipinski definition) is 10. The summed E-state index contributed by atoms with van der Waals surface area (Å²) in [5.41, 5.74) is -3.02. The van der Waals surface area contributed by atoms with Crippen LogP contribution in [-0.2, 0) is 14.3 Å². The van der Waals surface area contributed by atoms with Crippen LogP contribution in [0.5, 0.6) is 0 Å². The average Bonchev–Trinajstić information content (AvgIpc) is 3.32. The lowest BCUT2D eigenvalue weighted by Crippen LogP contribution is -2.62. The Bertz CT molecular complexity index is 1210. The molecule has 0 aromatic carbocycles. The summed E-state index contributed by atoms with van der Waals surface area (Å²) < 4.78 is 16.7. The zero-order valence-electron chi connectivity index (χ0n) is 22.1. The van der Waals surface area contributed by atoms with E-state index in [-0.39, 0.29) is 37.3 Å². The van der Waals surface area contributed by atoms with Crippen LogP contribution in [0.4, 0.5) is 0 Å². The van der Waals surface area contributed by atoms with Gasteiger partial charge < -0.3 is 39.4 Å². The fraction of sp³-hybridized carbons (Fsp3) is 0.724. The fourth-order valence-electron chi connectivity index (χ4n) is 8.95. The Morgan fingerprint density at radius 1 is 1.08 bits per heavy atom. The van der Waals surface area contributed by atoms with Crippen molar-refractivity contribution < 1.29 is 44.2 Å². The first kappa shape index (κ1) is 27.3. The average molecular weight is 547 g/mol. The third kappa shape index (κ3) is 3.87. The van der Waals surface area contributed by atoms with Crippen LogP contribution in [0.3, 0.4) is 0 Å². The van der Waals surface area contributed by atoms with Crippen LogP contribution in [0.1, 0.15) is 63.4 Å². The van der Waals surface area contributed by atoms with Crippen LogP contribution < -0.4 is 5.63 Å². The molecular formula is C29H38O10. The molecule has 1 aliphatic heterocycles. The standard InChI is InChI=1S/C29H38O10/c1-26-8-7-19-20(29(26,36)11-21(32)23(26)16-2-5-22(33)37-12-16)4-3-17-10-18(31)6-9-27(17,19)14-38-25-24(34)28(35,13-30)15-39-25/h2,5,10,12,19-21,23-25,30,32,34-36H,3-4,6-9,11,13-15H2,1H3/t19-,20+,21-,23-,24-,25+,26+,27+,28?,29-/m0/s1. The molecule has 0 spiro atoms. The van der Waals surface area contributed by atoms with Crippen molar-refractivity contribution in [1.82, 2.24) is 0 Å². The monoisotopic (exact) mass is 546 g/mol. The van der Waals surface area contributed by atoms with Crippen molar-refractivity contribution in [3.8, 4) is 0 Å². The number of fused-ring (bicyclic) bond motifs is 5. The molecule has 39 heavy (non-hydrogen) atoms. The molecule has 1 saturated heterocycles. The second kappa shape index (κ2) is 9.30. The molecule has 1 unspecified atom stereocenters. The van der Waals surface area contributed by atoms with Crippen LogP contribution in [0, 0.1) is 22.7 Å². The molecule has 0 bridgehead atoms. The molecular weight excluding hydrogens is 508 g/mol. The van der Waals surface area contributed by atoms with Gasteiger partial charge in [-0.2, -0.15) is 0 Å². The van der Waals surface area contributed by atoms with Crippen molar-refractivity contribution in [1.29, 1.82) is 0 Å². The minimum Gasteiger partial charge on any atom is -0.431 e. The van der Waals surface area contributed by atoms with Gasteiger partial charge in [-0.1, -0.05) is 12.5 Å². The van der Waals surface area contributed by atoms with E-state index in [0.29, 0.717) is 37.7 Å². The number of ether oxygens (including phenoxy) is 2. The summed E-state index contributed by atoms with van der Waals surface area (Å²) in [6.07, 6.45) is 3.41. The van der Waals surface area contributed by atoms with Gasteiger partial charge in [0, 0.05) is 35.7 Å². The zero-order chi connectivity index (χ0) is 27.8. The summed E-state index contributed by atoms with van der Waals surface area (Å²) in [4.78, 5) is 24.0. The maximum Gasteiger partial charge on any atom is 0.335 e. The Morgan fingerprint density at radius 3 is 2.56 bits per heavy atom. The summed E-state index contributed by atoms with van der Waals surface area (Å²) >= 11 is 0. The lowest BCUT2D eigenvalue weighted by molar-refractivity contribution is -0.211. The quantitative estimate of drug-likeness (QED) is 0.356. The van der Waals surface area contributed by atoms with Gasteiger partial charge >= 0.3 is 5.63 Å². The predicted molar refractivity (Wildman–Crippen MR) is 135 cm³/mol. The van der Waals surface area contributed by atoms with E-state index >= 15 is 0 Å². The van der Waals surface area contributed by atoms with E-state index in [2.05, 4.69) is 0 Å². The first-order chi connectivity index (χ1) is 18.5. The molecule has 5 N–H and O–H groups in total. The van der Waals surface area contributed by atoms with Crippen molar-refractivity contribution in [3.63, 3.8) is 0 Å². The lowest BCUT2D eigenvalue weighted by Gasteiger charge is -2.62. The highest BCUT2D eigenvalue weighted by Crippen LogP contribution is 2.70. The van der Waals surface area contributed by atoms with E-state index in [0.717, 1.165) is 12.0 Å². The molecule has 10 nitrogen and oxygen atoms in total. The SMILES string of the molecule is C[C@]12CC[C@H]3[C@@H](CCC4=CC(=O)CC[C@@]43CO[C@@H]3OCC(O)(CO)[C@H]3O)[C@@]1(O)C[C@H](O)[C@@H]2c1ccc(=O)oc1. The molecule has 2 heterocycles. The maximum absolute atomic E-state index is 12.5. The third-order valence-corrected chi connectivity index (χ3v) is 11.0. The number of carbonyl (C=O) groups is 1. The Balaban J connectivity index is 1.33. The number of aliphatic hydroxyl groups excluding tert-OH is 3. The zero-order valence-corrected chi connectivity index (χ0v) is 22.1. The Morgan fingerprint density at radius 2 is 1.87 bits per heavy atom. The van der Waals surface area contributed by atoms with E-state index in [1.54, 1.807) is 12.1 Å². The number of ketones is 1. The largest absolute Gasteiger partial charge is 0.431 e. The van der Waals surface area contributed by atoms with E-state index in [1.807, 2.05) is 6.92 Å². The van der Waals surface area contributed by atoms with Gasteiger partial charge in [0.25, 0.3) is 0 Å². The van der Waals surface area contributed by atoms with E-state index < -0.39 is 58.7 Å². The summed E-state index contributed by atoms with van der Waals surface area (Å²) in [5, 5.41) is 54.3. The van der Waals surface area contributed by atoms with Gasteiger partial charge in [-0.25, -0.2) is 4.79 Å². The van der Waals surface area contributed by atoms with Gasteiger partial charge in [-0.3, -0.25) is 4.79 Å². The predicted octanol–water partition coefficient (Wildman–Crippen LogP) is 0.778. The summed E-state index contributed by atoms with van der Waals surface area (Å²) in [5.74, 6) is -0.557. The lowest BCUT2D eigenvalue weighted by atomic mass is 9.44. The summed E-state index contributed by atoms with van der Waals surface area (Å²) in [6, 6.07) is 3.02. The normalized spacial score (nSPS) is 47.3. The molecule has 10 atom stereocenters. The third-order valence-electron chi connectivity index (χ3n) is 11.0. The molecule has 1 aromatic rings. The fourth-order valence-corrected chi connectivity index (χ4v) is 8.95. The van der Waals surface area contributed by atoms with E-state index in [9.17, 15) is 35.1 Å². The second-order valence-corrected chi connectivity index (χ2v) is 12.8. The Labute approximate surface area is 226 Å².